The van der Waals surface area contributed by atoms with Crippen LogP contribution in [-0.2, 0) is 10.0 Å². The Morgan fingerprint density at radius 1 is 1.57 bits per heavy atom. The third kappa shape index (κ3) is 2.90. The number of nitrogen functional groups attached to an aromatic ring is 1. The Kier molecular flexibility index (Phi) is 4.84. The highest BCUT2D eigenvalue weighted by atomic mass is 32.2. The van der Waals surface area contributed by atoms with Crippen molar-refractivity contribution in [3.63, 3.8) is 0 Å². The van der Waals surface area contributed by atoms with Crippen LogP contribution in [0.2, 0.25) is 0 Å². The number of imidazole rings is 1. The molecule has 0 aromatic carbocycles. The van der Waals surface area contributed by atoms with E-state index in [2.05, 4.69) is 10.4 Å². The second-order valence-electron chi connectivity index (χ2n) is 4.75. The molecule has 0 unspecified atom stereocenters. The molecule has 2 aromatic rings. The van der Waals surface area contributed by atoms with Crippen molar-refractivity contribution in [2.24, 2.45) is 5.84 Å². The van der Waals surface area contributed by atoms with Gasteiger partial charge in [-0.05, 0) is 20.3 Å². The van der Waals surface area contributed by atoms with Crippen molar-refractivity contribution < 1.29 is 13.5 Å². The molecule has 2 rings (SSSR count). The lowest BCUT2D eigenvalue weighted by Crippen LogP contribution is -2.39. The summed E-state index contributed by atoms with van der Waals surface area (Å²) in [5.41, 5.74) is 2.35. The SMILES string of the molecule is CC(C)N(CCCO)S(=O)(=O)c1c(NN)nc2sccn12. The van der Waals surface area contributed by atoms with E-state index in [1.165, 1.54) is 20.0 Å². The molecule has 2 aromatic heterocycles. The Morgan fingerprint density at radius 3 is 2.86 bits per heavy atom. The van der Waals surface area contributed by atoms with Gasteiger partial charge in [0.25, 0.3) is 10.0 Å². The molecule has 2 heterocycles. The molecule has 0 atom stereocenters. The third-order valence-electron chi connectivity index (χ3n) is 3.02. The van der Waals surface area contributed by atoms with Crippen molar-refractivity contribution >= 4 is 32.1 Å². The van der Waals surface area contributed by atoms with Crippen LogP contribution < -0.4 is 11.3 Å². The van der Waals surface area contributed by atoms with Crippen molar-refractivity contribution in [3.05, 3.63) is 11.6 Å². The van der Waals surface area contributed by atoms with E-state index in [1.807, 2.05) is 0 Å². The molecule has 118 valence electrons. The van der Waals surface area contributed by atoms with Crippen molar-refractivity contribution in [2.45, 2.75) is 31.3 Å². The van der Waals surface area contributed by atoms with Crippen LogP contribution in [0.25, 0.3) is 4.96 Å². The van der Waals surface area contributed by atoms with Crippen molar-refractivity contribution in [1.29, 1.82) is 0 Å². The van der Waals surface area contributed by atoms with E-state index >= 15 is 0 Å². The standard InChI is InChI=1S/C11H19N5O3S2/c1-8(2)16(4-3-6-17)21(18,19)10-9(14-12)13-11-15(10)5-7-20-11/h5,7-8,14,17H,3-4,6,12H2,1-2H3. The minimum atomic E-state index is -3.78. The Balaban J connectivity index is 2.55. The molecule has 0 aliphatic heterocycles. The second-order valence-corrected chi connectivity index (χ2v) is 7.43. The Morgan fingerprint density at radius 2 is 2.29 bits per heavy atom. The molecule has 0 saturated carbocycles. The van der Waals surface area contributed by atoms with Gasteiger partial charge in [0, 0.05) is 30.8 Å². The van der Waals surface area contributed by atoms with Crippen molar-refractivity contribution in [3.8, 4) is 0 Å². The average Bonchev–Trinajstić information content (AvgIpc) is 2.97. The highest BCUT2D eigenvalue weighted by molar-refractivity contribution is 7.89. The molecule has 21 heavy (non-hydrogen) atoms. The van der Waals surface area contributed by atoms with E-state index in [-0.39, 0.29) is 30.0 Å². The fraction of sp³-hybridized carbons (Fsp3) is 0.545. The number of aliphatic hydroxyl groups is 1. The summed E-state index contributed by atoms with van der Waals surface area (Å²) in [6.45, 7) is 3.74. The number of nitrogens with two attached hydrogens (primary N) is 1. The van der Waals surface area contributed by atoms with Crippen LogP contribution in [0.5, 0.6) is 0 Å². The number of anilines is 1. The van der Waals surface area contributed by atoms with E-state index in [1.54, 1.807) is 25.4 Å². The van der Waals surface area contributed by atoms with Crippen LogP contribution in [0.3, 0.4) is 0 Å². The molecule has 0 bridgehead atoms. The molecule has 0 saturated heterocycles. The fourth-order valence-electron chi connectivity index (χ4n) is 2.10. The highest BCUT2D eigenvalue weighted by Gasteiger charge is 2.33. The number of aromatic nitrogens is 2. The Hall–Kier alpha value is -1.20. The lowest BCUT2D eigenvalue weighted by molar-refractivity contribution is 0.258. The number of thiazole rings is 1. The number of hydrogen-bond acceptors (Lipinski definition) is 7. The van der Waals surface area contributed by atoms with E-state index in [4.69, 9.17) is 10.9 Å². The molecule has 0 aliphatic carbocycles. The first-order valence-electron chi connectivity index (χ1n) is 6.48. The second kappa shape index (κ2) is 6.28. The van der Waals surface area contributed by atoms with Crippen LogP contribution >= 0.6 is 11.3 Å². The predicted octanol–water partition coefficient (Wildman–Crippen LogP) is 0.463. The molecule has 8 nitrogen and oxygen atoms in total. The molecular weight excluding hydrogens is 314 g/mol. The summed E-state index contributed by atoms with van der Waals surface area (Å²) in [6, 6.07) is -0.239. The van der Waals surface area contributed by atoms with Crippen LogP contribution in [0.15, 0.2) is 16.6 Å². The number of nitrogens with one attached hydrogen (secondary N) is 1. The normalized spacial score (nSPS) is 12.7. The lowest BCUT2D eigenvalue weighted by Gasteiger charge is -2.25. The van der Waals surface area contributed by atoms with Gasteiger partial charge >= 0.3 is 0 Å². The van der Waals surface area contributed by atoms with Gasteiger partial charge in [-0.2, -0.15) is 9.29 Å². The number of hydrazine groups is 1. The van der Waals surface area contributed by atoms with Crippen molar-refractivity contribution in [2.75, 3.05) is 18.6 Å². The molecule has 4 N–H and O–H groups in total. The summed E-state index contributed by atoms with van der Waals surface area (Å²) in [4.78, 5) is 4.72. The van der Waals surface area contributed by atoms with Crippen LogP contribution in [0.4, 0.5) is 5.82 Å². The Bertz CT molecular complexity index is 707. The molecule has 0 aliphatic rings. The summed E-state index contributed by atoms with van der Waals surface area (Å²) in [6.07, 6.45) is 2.01. The topological polar surface area (TPSA) is 113 Å². The summed E-state index contributed by atoms with van der Waals surface area (Å²) in [7, 11) is -3.78. The van der Waals surface area contributed by atoms with E-state index in [0.29, 0.717) is 11.4 Å². The number of sulfonamides is 1. The summed E-state index contributed by atoms with van der Waals surface area (Å²) in [5, 5.41) is 10.7. The van der Waals surface area contributed by atoms with E-state index in [0.717, 1.165) is 0 Å². The number of hydrogen-bond donors (Lipinski definition) is 3. The largest absolute Gasteiger partial charge is 0.396 e. The number of aliphatic hydroxyl groups excluding tert-OH is 1. The third-order valence-corrected chi connectivity index (χ3v) is 5.88. The molecule has 0 radical (unpaired) electrons. The van der Waals surface area contributed by atoms with Gasteiger partial charge in [-0.1, -0.05) is 0 Å². The minimum Gasteiger partial charge on any atom is -0.396 e. The minimum absolute atomic E-state index is 0.0212. The maximum Gasteiger partial charge on any atom is 0.263 e. The quantitative estimate of drug-likeness (QED) is 0.501. The molecule has 0 fully saturated rings. The zero-order valence-corrected chi connectivity index (χ0v) is 13.5. The average molecular weight is 333 g/mol. The van der Waals surface area contributed by atoms with Crippen LogP contribution in [-0.4, -0.2) is 46.4 Å². The van der Waals surface area contributed by atoms with Gasteiger partial charge in [0.1, 0.15) is 0 Å². The molecule has 0 spiro atoms. The van der Waals surface area contributed by atoms with Crippen molar-refractivity contribution in [1.82, 2.24) is 13.7 Å². The number of nitrogens with zero attached hydrogens (tertiary/aromatic N) is 3. The fourth-order valence-corrected chi connectivity index (χ4v) is 4.76. The monoisotopic (exact) mass is 333 g/mol. The van der Waals surface area contributed by atoms with Gasteiger partial charge < -0.3 is 10.5 Å². The smallest absolute Gasteiger partial charge is 0.263 e. The first-order valence-corrected chi connectivity index (χ1v) is 8.80. The van der Waals surface area contributed by atoms with Gasteiger partial charge in [-0.15, -0.1) is 11.3 Å². The zero-order valence-electron chi connectivity index (χ0n) is 11.9. The van der Waals surface area contributed by atoms with E-state index < -0.39 is 10.0 Å². The van der Waals surface area contributed by atoms with Gasteiger partial charge in [-0.25, -0.2) is 14.3 Å². The van der Waals surface area contributed by atoms with Crippen LogP contribution in [0.1, 0.15) is 20.3 Å². The van der Waals surface area contributed by atoms with Crippen LogP contribution in [0, 0.1) is 0 Å². The molecule has 10 heteroatoms. The lowest BCUT2D eigenvalue weighted by atomic mass is 10.3. The predicted molar refractivity (Wildman–Crippen MR) is 81.6 cm³/mol. The molecular formula is C11H19N5O3S2. The maximum atomic E-state index is 12.9. The zero-order chi connectivity index (χ0) is 15.6. The van der Waals surface area contributed by atoms with Gasteiger partial charge in [0.05, 0.1) is 0 Å². The first-order chi connectivity index (χ1) is 9.93. The Labute approximate surface area is 127 Å². The maximum absolute atomic E-state index is 12.9. The highest BCUT2D eigenvalue weighted by Crippen LogP contribution is 2.28. The summed E-state index contributed by atoms with van der Waals surface area (Å²) in [5.74, 6) is 5.52. The molecule has 0 amide bonds. The van der Waals surface area contributed by atoms with E-state index in [9.17, 15) is 8.42 Å². The summed E-state index contributed by atoms with van der Waals surface area (Å²) >= 11 is 1.33. The summed E-state index contributed by atoms with van der Waals surface area (Å²) < 4.78 is 28.7. The van der Waals surface area contributed by atoms with Gasteiger partial charge in [-0.3, -0.25) is 4.40 Å². The van der Waals surface area contributed by atoms with Gasteiger partial charge in [0.15, 0.2) is 10.8 Å². The number of fused-ring (bicyclic) bond motifs is 1. The van der Waals surface area contributed by atoms with Gasteiger partial charge in [0.2, 0.25) is 5.03 Å². The first kappa shape index (κ1) is 16.2. The number of rotatable bonds is 7.